The first-order valence-corrected chi connectivity index (χ1v) is 9.16. The summed E-state index contributed by atoms with van der Waals surface area (Å²) in [4.78, 5) is 18.4. The Labute approximate surface area is 152 Å². The number of thiazole rings is 1. The van der Waals surface area contributed by atoms with Crippen molar-refractivity contribution in [2.24, 2.45) is 0 Å². The van der Waals surface area contributed by atoms with Gasteiger partial charge in [-0.05, 0) is 18.9 Å². The second kappa shape index (κ2) is 6.10. The number of rotatable bonds is 3. The molecule has 1 unspecified atom stereocenters. The predicted octanol–water partition coefficient (Wildman–Crippen LogP) is 3.35. The van der Waals surface area contributed by atoms with Crippen molar-refractivity contribution in [2.45, 2.75) is 18.9 Å². The molecule has 130 valence electrons. The fourth-order valence-corrected chi connectivity index (χ4v) is 4.19. The molecule has 1 aliphatic rings. The van der Waals surface area contributed by atoms with Gasteiger partial charge in [-0.15, -0.1) is 16.4 Å². The maximum absolute atomic E-state index is 13.6. The van der Waals surface area contributed by atoms with Crippen molar-refractivity contribution in [1.29, 1.82) is 0 Å². The lowest BCUT2D eigenvalue weighted by molar-refractivity contribution is 0.624. The van der Waals surface area contributed by atoms with Gasteiger partial charge in [0.15, 0.2) is 11.6 Å². The Kier molecular flexibility index (Phi) is 3.59. The summed E-state index contributed by atoms with van der Waals surface area (Å²) in [5.74, 6) is 0.809. The zero-order chi connectivity index (χ0) is 17.5. The third-order valence-electron chi connectivity index (χ3n) is 4.57. The van der Waals surface area contributed by atoms with Gasteiger partial charge in [-0.2, -0.15) is 5.10 Å². The molecule has 1 N–H and O–H groups in total. The van der Waals surface area contributed by atoms with Gasteiger partial charge in [0.05, 0.1) is 18.4 Å². The smallest absolute Gasteiger partial charge is 0.185 e. The molecule has 26 heavy (non-hydrogen) atoms. The molecule has 0 radical (unpaired) electrons. The Morgan fingerprint density at radius 1 is 1.27 bits per heavy atom. The fraction of sp³-hybridized carbons (Fsp3) is 0.235. The Bertz CT molecular complexity index is 1060. The molecule has 0 aromatic carbocycles. The SMILES string of the molecule is Fc1cnc2[nH]cc(-c3nncc(N4CCCC4c4nccs4)n3)c2c1. The highest BCUT2D eigenvalue weighted by molar-refractivity contribution is 7.09. The van der Waals surface area contributed by atoms with Crippen molar-refractivity contribution in [3.05, 3.63) is 47.1 Å². The van der Waals surface area contributed by atoms with Gasteiger partial charge in [-0.1, -0.05) is 0 Å². The van der Waals surface area contributed by atoms with Crippen molar-refractivity contribution in [1.82, 2.24) is 30.1 Å². The van der Waals surface area contributed by atoms with E-state index in [0.29, 0.717) is 22.4 Å². The molecule has 9 heteroatoms. The van der Waals surface area contributed by atoms with Crippen LogP contribution in [0.2, 0.25) is 0 Å². The second-order valence-corrected chi connectivity index (χ2v) is 7.04. The minimum absolute atomic E-state index is 0.210. The van der Waals surface area contributed by atoms with Crippen LogP contribution in [0.3, 0.4) is 0 Å². The van der Waals surface area contributed by atoms with Gasteiger partial charge in [0.2, 0.25) is 0 Å². The molecule has 0 saturated carbocycles. The molecule has 5 rings (SSSR count). The van der Waals surface area contributed by atoms with Gasteiger partial charge in [-0.3, -0.25) is 0 Å². The summed E-state index contributed by atoms with van der Waals surface area (Å²) in [7, 11) is 0. The van der Waals surface area contributed by atoms with Gasteiger partial charge >= 0.3 is 0 Å². The highest BCUT2D eigenvalue weighted by Gasteiger charge is 2.29. The molecule has 0 amide bonds. The summed E-state index contributed by atoms with van der Waals surface area (Å²) in [6.07, 6.45) is 8.53. The monoisotopic (exact) mass is 367 g/mol. The van der Waals surface area contributed by atoms with E-state index in [9.17, 15) is 4.39 Å². The molecular weight excluding hydrogens is 353 g/mol. The number of halogens is 1. The molecule has 0 bridgehead atoms. The topological polar surface area (TPSA) is 83.5 Å². The number of aromatic nitrogens is 6. The molecule has 1 atom stereocenters. The van der Waals surface area contributed by atoms with Gasteiger partial charge < -0.3 is 9.88 Å². The van der Waals surface area contributed by atoms with Crippen LogP contribution in [0.15, 0.2) is 36.2 Å². The lowest BCUT2D eigenvalue weighted by atomic mass is 10.2. The molecule has 5 heterocycles. The molecule has 1 fully saturated rings. The van der Waals surface area contributed by atoms with Crippen LogP contribution in [0.25, 0.3) is 22.4 Å². The lowest BCUT2D eigenvalue weighted by Gasteiger charge is -2.23. The highest BCUT2D eigenvalue weighted by Crippen LogP contribution is 2.36. The van der Waals surface area contributed by atoms with E-state index in [1.165, 1.54) is 12.3 Å². The maximum Gasteiger partial charge on any atom is 0.185 e. The van der Waals surface area contributed by atoms with Crippen molar-refractivity contribution in [2.75, 3.05) is 11.4 Å². The number of hydrogen-bond acceptors (Lipinski definition) is 7. The predicted molar refractivity (Wildman–Crippen MR) is 96.3 cm³/mol. The molecule has 4 aromatic heterocycles. The van der Waals surface area contributed by atoms with Crippen LogP contribution in [-0.2, 0) is 0 Å². The van der Waals surface area contributed by atoms with E-state index in [-0.39, 0.29) is 6.04 Å². The number of hydrogen-bond donors (Lipinski definition) is 1. The summed E-state index contributed by atoms with van der Waals surface area (Å²) in [6, 6.07) is 1.64. The largest absolute Gasteiger partial charge is 0.346 e. The van der Waals surface area contributed by atoms with E-state index >= 15 is 0 Å². The third kappa shape index (κ3) is 2.51. The van der Waals surface area contributed by atoms with E-state index in [2.05, 4.69) is 30.0 Å². The van der Waals surface area contributed by atoms with Crippen LogP contribution in [0.4, 0.5) is 10.2 Å². The quantitative estimate of drug-likeness (QED) is 0.598. The van der Waals surface area contributed by atoms with Crippen LogP contribution in [0.5, 0.6) is 0 Å². The van der Waals surface area contributed by atoms with Gasteiger partial charge in [0.25, 0.3) is 0 Å². The average Bonchev–Trinajstić information content (AvgIpc) is 3.40. The number of anilines is 1. The first kappa shape index (κ1) is 15.3. The molecule has 1 saturated heterocycles. The van der Waals surface area contributed by atoms with E-state index in [0.717, 1.165) is 30.2 Å². The summed E-state index contributed by atoms with van der Waals surface area (Å²) < 4.78 is 13.6. The summed E-state index contributed by atoms with van der Waals surface area (Å²) >= 11 is 1.65. The number of nitrogens with zero attached hydrogens (tertiary/aromatic N) is 6. The Morgan fingerprint density at radius 2 is 2.23 bits per heavy atom. The molecular formula is C17H14FN7S. The van der Waals surface area contributed by atoms with E-state index in [1.807, 2.05) is 11.6 Å². The van der Waals surface area contributed by atoms with Crippen molar-refractivity contribution in [3.8, 4) is 11.4 Å². The minimum atomic E-state index is -0.397. The normalized spacial score (nSPS) is 17.3. The van der Waals surface area contributed by atoms with Crippen LogP contribution in [-0.4, -0.2) is 36.7 Å². The van der Waals surface area contributed by atoms with Crippen LogP contribution < -0.4 is 4.90 Å². The first-order chi connectivity index (χ1) is 12.8. The van der Waals surface area contributed by atoms with E-state index < -0.39 is 5.82 Å². The number of aromatic amines is 1. The number of nitrogens with one attached hydrogen (secondary N) is 1. The van der Waals surface area contributed by atoms with Gasteiger partial charge in [0.1, 0.15) is 16.5 Å². The number of fused-ring (bicyclic) bond motifs is 1. The zero-order valence-electron chi connectivity index (χ0n) is 13.6. The summed E-state index contributed by atoms with van der Waals surface area (Å²) in [6.45, 7) is 0.895. The van der Waals surface area contributed by atoms with Crippen LogP contribution in [0.1, 0.15) is 23.9 Å². The maximum atomic E-state index is 13.6. The van der Waals surface area contributed by atoms with Crippen LogP contribution >= 0.6 is 11.3 Å². The van der Waals surface area contributed by atoms with Crippen molar-refractivity contribution < 1.29 is 4.39 Å². The van der Waals surface area contributed by atoms with E-state index in [1.54, 1.807) is 23.7 Å². The molecule has 0 spiro atoms. The van der Waals surface area contributed by atoms with Crippen molar-refractivity contribution in [3.63, 3.8) is 0 Å². The Balaban J connectivity index is 1.55. The van der Waals surface area contributed by atoms with Crippen molar-refractivity contribution >= 4 is 28.2 Å². The third-order valence-corrected chi connectivity index (χ3v) is 5.45. The molecule has 1 aliphatic heterocycles. The standard InChI is InChI=1S/C17H14FN7S/c18-10-6-11-12(8-21-15(11)20-7-10)16-23-14(9-22-24-16)25-4-1-2-13(25)17-19-3-5-26-17/h3,5-9,13H,1-2,4H2,(H,20,21). The van der Waals surface area contributed by atoms with E-state index in [4.69, 9.17) is 4.98 Å². The fourth-order valence-electron chi connectivity index (χ4n) is 3.41. The summed E-state index contributed by atoms with van der Waals surface area (Å²) in [5, 5.41) is 12.0. The van der Waals surface area contributed by atoms with Gasteiger partial charge in [0, 0.05) is 35.3 Å². The van der Waals surface area contributed by atoms with Gasteiger partial charge in [-0.25, -0.2) is 19.3 Å². The number of H-pyrrole nitrogens is 1. The zero-order valence-corrected chi connectivity index (χ0v) is 14.4. The molecule has 4 aromatic rings. The molecule has 0 aliphatic carbocycles. The lowest BCUT2D eigenvalue weighted by Crippen LogP contribution is -2.24. The average molecular weight is 367 g/mol. The first-order valence-electron chi connectivity index (χ1n) is 8.28. The highest BCUT2D eigenvalue weighted by atomic mass is 32.1. The molecule has 7 nitrogen and oxygen atoms in total. The van der Waals surface area contributed by atoms with Crippen LogP contribution in [0, 0.1) is 5.82 Å². The summed E-state index contributed by atoms with van der Waals surface area (Å²) in [5.41, 5.74) is 1.28. The number of pyridine rings is 1. The Morgan fingerprint density at radius 3 is 3.12 bits per heavy atom. The minimum Gasteiger partial charge on any atom is -0.346 e. The Hall–Kier alpha value is -2.94. The second-order valence-electron chi connectivity index (χ2n) is 6.11.